The Morgan fingerprint density at radius 2 is 1.77 bits per heavy atom. The van der Waals surface area contributed by atoms with Crippen LogP contribution in [0.15, 0.2) is 54.9 Å². The molecule has 0 radical (unpaired) electrons. The first kappa shape index (κ1) is 19.6. The number of nitrogens with zero attached hydrogens (tertiary/aromatic N) is 7. The highest BCUT2D eigenvalue weighted by molar-refractivity contribution is 5.81. The van der Waals surface area contributed by atoms with Crippen molar-refractivity contribution in [2.24, 2.45) is 0 Å². The van der Waals surface area contributed by atoms with Gasteiger partial charge in [-0.25, -0.2) is 13.9 Å². The zero-order valence-corrected chi connectivity index (χ0v) is 17.6. The number of fused-ring (bicyclic) bond motifs is 1. The zero-order valence-electron chi connectivity index (χ0n) is 17.6. The monoisotopic (exact) mass is 417 g/mol. The van der Waals surface area contributed by atoms with Gasteiger partial charge in [-0.15, -0.1) is 5.10 Å². The van der Waals surface area contributed by atoms with E-state index in [9.17, 15) is 4.39 Å². The molecule has 0 atom stereocenters. The number of halogens is 1. The molecule has 158 valence electrons. The third-order valence-corrected chi connectivity index (χ3v) is 5.79. The summed E-state index contributed by atoms with van der Waals surface area (Å²) >= 11 is 0. The zero-order chi connectivity index (χ0) is 21.4. The van der Waals surface area contributed by atoms with Crippen molar-refractivity contribution in [3.8, 4) is 22.5 Å². The van der Waals surface area contributed by atoms with Gasteiger partial charge in [-0.1, -0.05) is 12.1 Å². The van der Waals surface area contributed by atoms with Crippen LogP contribution in [-0.4, -0.2) is 61.9 Å². The van der Waals surface area contributed by atoms with Crippen LogP contribution in [0.4, 0.5) is 10.2 Å². The van der Waals surface area contributed by atoms with E-state index in [0.717, 1.165) is 43.3 Å². The molecule has 8 heteroatoms. The summed E-state index contributed by atoms with van der Waals surface area (Å²) in [6, 6.07) is 12.9. The van der Waals surface area contributed by atoms with E-state index < -0.39 is 0 Å². The van der Waals surface area contributed by atoms with Gasteiger partial charge in [-0.3, -0.25) is 4.90 Å². The summed E-state index contributed by atoms with van der Waals surface area (Å²) in [4.78, 5) is 9.56. The van der Waals surface area contributed by atoms with Gasteiger partial charge in [-0.2, -0.15) is 10.2 Å². The molecule has 0 aliphatic carbocycles. The molecular weight excluding hydrogens is 393 g/mol. The van der Waals surface area contributed by atoms with E-state index in [1.54, 1.807) is 18.5 Å². The first-order chi connectivity index (χ1) is 15.1. The second-order valence-electron chi connectivity index (χ2n) is 8.03. The van der Waals surface area contributed by atoms with Crippen molar-refractivity contribution in [3.05, 3.63) is 60.7 Å². The van der Waals surface area contributed by atoms with Crippen LogP contribution in [-0.2, 0) is 0 Å². The fourth-order valence-electron chi connectivity index (χ4n) is 4.09. The average Bonchev–Trinajstić information content (AvgIpc) is 3.18. The number of aromatic nitrogens is 5. The maximum absolute atomic E-state index is 14.0. The van der Waals surface area contributed by atoms with E-state index in [4.69, 9.17) is 10.1 Å². The average molecular weight is 417 g/mol. The molecule has 1 aromatic carbocycles. The number of piperazine rings is 1. The summed E-state index contributed by atoms with van der Waals surface area (Å²) in [6.07, 6.45) is 3.32. The summed E-state index contributed by atoms with van der Waals surface area (Å²) in [5, 5.41) is 12.9. The Labute approximate surface area is 180 Å². The minimum absolute atomic E-state index is 0.301. The van der Waals surface area contributed by atoms with Gasteiger partial charge in [0.05, 0.1) is 18.1 Å². The summed E-state index contributed by atoms with van der Waals surface area (Å²) in [7, 11) is 0. The molecule has 4 heterocycles. The highest BCUT2D eigenvalue weighted by Gasteiger charge is 2.22. The maximum Gasteiger partial charge on any atom is 0.155 e. The van der Waals surface area contributed by atoms with Crippen LogP contribution in [0, 0.1) is 5.82 Å². The predicted molar refractivity (Wildman–Crippen MR) is 118 cm³/mol. The molecule has 1 aliphatic rings. The number of rotatable bonds is 4. The second kappa shape index (κ2) is 8.03. The molecule has 1 saturated heterocycles. The first-order valence-corrected chi connectivity index (χ1v) is 10.5. The van der Waals surface area contributed by atoms with Crippen LogP contribution in [0.1, 0.15) is 13.8 Å². The van der Waals surface area contributed by atoms with Gasteiger partial charge in [0.15, 0.2) is 5.65 Å². The predicted octanol–water partition coefficient (Wildman–Crippen LogP) is 3.52. The van der Waals surface area contributed by atoms with Crippen LogP contribution in [0.2, 0.25) is 0 Å². The van der Waals surface area contributed by atoms with Crippen LogP contribution in [0.5, 0.6) is 0 Å². The largest absolute Gasteiger partial charge is 0.353 e. The molecule has 0 spiro atoms. The van der Waals surface area contributed by atoms with Crippen LogP contribution < -0.4 is 4.90 Å². The van der Waals surface area contributed by atoms with E-state index in [-0.39, 0.29) is 5.82 Å². The van der Waals surface area contributed by atoms with Gasteiger partial charge >= 0.3 is 0 Å². The Balaban J connectivity index is 1.61. The molecule has 1 aliphatic heterocycles. The summed E-state index contributed by atoms with van der Waals surface area (Å²) in [5.41, 5.74) is 3.68. The van der Waals surface area contributed by atoms with E-state index >= 15 is 0 Å². The van der Waals surface area contributed by atoms with Gasteiger partial charge in [-0.05, 0) is 44.2 Å². The minimum atomic E-state index is -0.301. The van der Waals surface area contributed by atoms with Gasteiger partial charge in [0.1, 0.15) is 17.3 Å². The number of hydrogen-bond acceptors (Lipinski definition) is 6. The van der Waals surface area contributed by atoms with Crippen molar-refractivity contribution >= 4 is 11.5 Å². The minimum Gasteiger partial charge on any atom is -0.353 e. The van der Waals surface area contributed by atoms with E-state index in [1.807, 2.05) is 28.8 Å². The van der Waals surface area contributed by atoms with E-state index in [2.05, 4.69) is 33.8 Å². The molecule has 3 aromatic heterocycles. The molecule has 7 nitrogen and oxygen atoms in total. The Morgan fingerprint density at radius 3 is 2.48 bits per heavy atom. The van der Waals surface area contributed by atoms with Crippen molar-refractivity contribution < 1.29 is 4.39 Å². The normalized spacial score (nSPS) is 15.2. The van der Waals surface area contributed by atoms with Gasteiger partial charge in [0.25, 0.3) is 0 Å². The highest BCUT2D eigenvalue weighted by atomic mass is 19.1. The molecule has 0 N–H and O–H groups in total. The van der Waals surface area contributed by atoms with E-state index in [0.29, 0.717) is 22.9 Å². The van der Waals surface area contributed by atoms with Crippen LogP contribution >= 0.6 is 0 Å². The van der Waals surface area contributed by atoms with Crippen molar-refractivity contribution in [3.63, 3.8) is 0 Å². The third kappa shape index (κ3) is 3.74. The Bertz CT molecular complexity index is 1200. The molecular formula is C23H24FN7. The molecule has 0 unspecified atom stereocenters. The lowest BCUT2D eigenvalue weighted by atomic mass is 10.1. The lowest BCUT2D eigenvalue weighted by Gasteiger charge is -2.37. The SMILES string of the molecule is CC(C)N1CCN(c2ccc3nc(-c4cccc(F)c4)c(-c4ccnnc4)n3n2)CC1. The molecule has 5 rings (SSSR count). The highest BCUT2D eigenvalue weighted by Crippen LogP contribution is 2.32. The van der Waals surface area contributed by atoms with Crippen molar-refractivity contribution in [2.45, 2.75) is 19.9 Å². The summed E-state index contributed by atoms with van der Waals surface area (Å²) in [6.45, 7) is 8.33. The molecule has 0 amide bonds. The quantitative estimate of drug-likeness (QED) is 0.506. The van der Waals surface area contributed by atoms with Crippen molar-refractivity contribution in [2.75, 3.05) is 31.1 Å². The van der Waals surface area contributed by atoms with Gasteiger partial charge in [0, 0.05) is 43.3 Å². The number of anilines is 1. The third-order valence-electron chi connectivity index (χ3n) is 5.79. The number of benzene rings is 1. The Kier molecular flexibility index (Phi) is 5.07. The fraction of sp³-hybridized carbons (Fsp3) is 0.304. The molecule has 0 bridgehead atoms. The van der Waals surface area contributed by atoms with Crippen LogP contribution in [0.3, 0.4) is 0 Å². The standard InChI is InChI=1S/C23H24FN7/c1-16(2)29-10-12-30(13-11-29)21-7-6-20-27-22(17-4-3-5-19(24)14-17)23(31(20)28-21)18-8-9-25-26-15-18/h3-9,14-16H,10-13H2,1-2H3. The lowest BCUT2D eigenvalue weighted by Crippen LogP contribution is -2.49. The molecule has 4 aromatic rings. The molecule has 1 fully saturated rings. The smallest absolute Gasteiger partial charge is 0.155 e. The molecule has 31 heavy (non-hydrogen) atoms. The second-order valence-corrected chi connectivity index (χ2v) is 8.03. The fourth-order valence-corrected chi connectivity index (χ4v) is 4.09. The topological polar surface area (TPSA) is 62.5 Å². The lowest BCUT2D eigenvalue weighted by molar-refractivity contribution is 0.209. The number of hydrogen-bond donors (Lipinski definition) is 0. The van der Waals surface area contributed by atoms with Crippen molar-refractivity contribution in [1.29, 1.82) is 0 Å². The Hall–Kier alpha value is -3.39. The molecule has 0 saturated carbocycles. The Morgan fingerprint density at radius 1 is 0.935 bits per heavy atom. The first-order valence-electron chi connectivity index (χ1n) is 10.5. The van der Waals surface area contributed by atoms with E-state index in [1.165, 1.54) is 12.1 Å². The van der Waals surface area contributed by atoms with Crippen LogP contribution in [0.25, 0.3) is 28.2 Å². The summed E-state index contributed by atoms with van der Waals surface area (Å²) in [5.74, 6) is 0.604. The maximum atomic E-state index is 14.0. The van der Waals surface area contributed by atoms with Gasteiger partial charge in [0.2, 0.25) is 0 Å². The number of imidazole rings is 1. The van der Waals surface area contributed by atoms with Gasteiger partial charge < -0.3 is 4.90 Å². The van der Waals surface area contributed by atoms with Crippen molar-refractivity contribution in [1.82, 2.24) is 29.7 Å². The summed E-state index contributed by atoms with van der Waals surface area (Å²) < 4.78 is 15.8.